The van der Waals surface area contributed by atoms with E-state index < -0.39 is 0 Å². The van der Waals surface area contributed by atoms with Crippen molar-refractivity contribution in [2.45, 2.75) is 6.54 Å². The van der Waals surface area contributed by atoms with Gasteiger partial charge in [0.15, 0.2) is 0 Å². The van der Waals surface area contributed by atoms with Crippen molar-refractivity contribution in [3.05, 3.63) is 65.9 Å². The summed E-state index contributed by atoms with van der Waals surface area (Å²) in [5.74, 6) is 0.0673. The van der Waals surface area contributed by atoms with Crippen LogP contribution in [-0.4, -0.2) is 54.6 Å². The van der Waals surface area contributed by atoms with Gasteiger partial charge in [-0.3, -0.25) is 9.59 Å². The summed E-state index contributed by atoms with van der Waals surface area (Å²) in [5.41, 5.74) is 4.45. The van der Waals surface area contributed by atoms with E-state index in [1.807, 2.05) is 70.3 Å². The number of fused-ring (bicyclic) bond motifs is 2. The molecule has 0 spiro atoms. The van der Waals surface area contributed by atoms with Crippen LogP contribution in [-0.2, 0) is 20.9 Å². The fourth-order valence-electron chi connectivity index (χ4n) is 4.27. The Morgan fingerprint density at radius 2 is 1.80 bits per heavy atom. The number of hydrogen-bond acceptors (Lipinski definition) is 3. The number of carbonyl (C=O) groups excluding carboxylic acids is 2. The van der Waals surface area contributed by atoms with Gasteiger partial charge in [-0.1, -0.05) is 36.4 Å². The molecule has 6 nitrogen and oxygen atoms in total. The number of carbonyl (C=O) groups is 2. The van der Waals surface area contributed by atoms with Gasteiger partial charge in [0.1, 0.15) is 6.54 Å². The van der Waals surface area contributed by atoms with E-state index in [4.69, 9.17) is 4.74 Å². The highest BCUT2D eigenvalue weighted by molar-refractivity contribution is 6.36. The Morgan fingerprint density at radius 3 is 2.63 bits per heavy atom. The molecule has 0 radical (unpaired) electrons. The third-order valence-corrected chi connectivity index (χ3v) is 5.88. The van der Waals surface area contributed by atoms with Crippen LogP contribution >= 0.6 is 0 Å². The summed E-state index contributed by atoms with van der Waals surface area (Å²) in [4.78, 5) is 29.2. The van der Waals surface area contributed by atoms with Crippen LogP contribution < -0.4 is 4.90 Å². The molecule has 3 heterocycles. The summed E-state index contributed by atoms with van der Waals surface area (Å²) >= 11 is 0. The van der Waals surface area contributed by atoms with Crippen molar-refractivity contribution in [2.24, 2.45) is 0 Å². The maximum Gasteiger partial charge on any atom is 0.258 e. The van der Waals surface area contributed by atoms with Crippen molar-refractivity contribution in [1.82, 2.24) is 9.47 Å². The molecule has 3 aromatic rings. The number of morpholine rings is 1. The van der Waals surface area contributed by atoms with E-state index in [1.165, 1.54) is 0 Å². The first-order chi connectivity index (χ1) is 14.6. The van der Waals surface area contributed by atoms with Crippen LogP contribution in [0.4, 0.5) is 5.69 Å². The third kappa shape index (κ3) is 3.09. The molecule has 152 valence electrons. The Kier molecular flexibility index (Phi) is 4.64. The maximum atomic E-state index is 12.9. The zero-order valence-electron chi connectivity index (χ0n) is 16.9. The molecular weight excluding hydrogens is 378 g/mol. The van der Waals surface area contributed by atoms with Crippen molar-refractivity contribution < 1.29 is 14.3 Å². The van der Waals surface area contributed by atoms with Gasteiger partial charge >= 0.3 is 0 Å². The first-order valence-electron chi connectivity index (χ1n) is 10.2. The van der Waals surface area contributed by atoms with E-state index >= 15 is 0 Å². The van der Waals surface area contributed by atoms with E-state index in [0.29, 0.717) is 31.9 Å². The fraction of sp³-hybridized carbons (Fsp3) is 0.250. The number of anilines is 1. The second kappa shape index (κ2) is 7.46. The van der Waals surface area contributed by atoms with Crippen LogP contribution in [0.25, 0.3) is 22.6 Å². The molecule has 0 saturated carbocycles. The molecule has 2 aromatic carbocycles. The lowest BCUT2D eigenvalue weighted by molar-refractivity contribution is -0.135. The van der Waals surface area contributed by atoms with Gasteiger partial charge in [0.05, 0.1) is 18.9 Å². The van der Waals surface area contributed by atoms with Gasteiger partial charge in [-0.25, -0.2) is 0 Å². The van der Waals surface area contributed by atoms with Gasteiger partial charge < -0.3 is 19.1 Å². The lowest BCUT2D eigenvalue weighted by atomic mass is 10.0. The van der Waals surface area contributed by atoms with Crippen LogP contribution in [0.15, 0.2) is 54.7 Å². The maximum absolute atomic E-state index is 12.9. The van der Waals surface area contributed by atoms with Crippen molar-refractivity contribution in [3.63, 3.8) is 0 Å². The van der Waals surface area contributed by atoms with Crippen LogP contribution in [0.3, 0.4) is 0 Å². The Balaban J connectivity index is 1.54. The Bertz CT molecular complexity index is 1170. The number of ether oxygens (including phenoxy) is 1. The SMILES string of the molecule is CN1C(=O)/C(=C\c2cn(CC(=O)N3CCOCC3)c3ccccc23)c2ccccc21. The third-order valence-electron chi connectivity index (χ3n) is 5.88. The van der Waals surface area contributed by atoms with Gasteiger partial charge in [0.25, 0.3) is 5.91 Å². The van der Waals surface area contributed by atoms with Crippen molar-refractivity contribution in [1.29, 1.82) is 0 Å². The number of rotatable bonds is 3. The molecule has 2 aliphatic heterocycles. The molecule has 5 rings (SSSR count). The second-order valence-electron chi connectivity index (χ2n) is 7.66. The number of para-hydroxylation sites is 2. The second-order valence-corrected chi connectivity index (χ2v) is 7.66. The number of likely N-dealkylation sites (N-methyl/N-ethyl adjacent to an activating group) is 1. The molecule has 1 saturated heterocycles. The van der Waals surface area contributed by atoms with E-state index in [1.54, 1.807) is 11.9 Å². The van der Waals surface area contributed by atoms with Crippen molar-refractivity contribution in [2.75, 3.05) is 38.3 Å². The van der Waals surface area contributed by atoms with Crippen LogP contribution in [0.1, 0.15) is 11.1 Å². The summed E-state index contributed by atoms with van der Waals surface area (Å²) < 4.78 is 7.33. The molecule has 0 unspecified atom stereocenters. The van der Waals surface area contributed by atoms with E-state index in [2.05, 4.69) is 0 Å². The van der Waals surface area contributed by atoms with E-state index in [9.17, 15) is 9.59 Å². The number of amides is 2. The van der Waals surface area contributed by atoms with Crippen LogP contribution in [0.2, 0.25) is 0 Å². The minimum absolute atomic E-state index is 0.0163. The molecule has 0 aliphatic carbocycles. The molecule has 0 bridgehead atoms. The van der Waals surface area contributed by atoms with Gasteiger partial charge in [0, 0.05) is 53.9 Å². The molecule has 2 amide bonds. The fourth-order valence-corrected chi connectivity index (χ4v) is 4.27. The molecule has 30 heavy (non-hydrogen) atoms. The molecule has 2 aliphatic rings. The molecular formula is C24H23N3O3. The number of nitrogens with zero attached hydrogens (tertiary/aromatic N) is 3. The Hall–Kier alpha value is -3.38. The first-order valence-corrected chi connectivity index (χ1v) is 10.2. The Labute approximate surface area is 174 Å². The molecule has 6 heteroatoms. The minimum atomic E-state index is -0.0163. The van der Waals surface area contributed by atoms with Gasteiger partial charge in [-0.05, 0) is 18.2 Å². The van der Waals surface area contributed by atoms with Crippen LogP contribution in [0, 0.1) is 0 Å². The number of benzene rings is 2. The molecule has 0 atom stereocenters. The lowest BCUT2D eigenvalue weighted by Crippen LogP contribution is -2.42. The largest absolute Gasteiger partial charge is 0.378 e. The van der Waals surface area contributed by atoms with Crippen molar-refractivity contribution in [3.8, 4) is 0 Å². The monoisotopic (exact) mass is 401 g/mol. The van der Waals surface area contributed by atoms with E-state index in [0.717, 1.165) is 27.7 Å². The quantitative estimate of drug-likeness (QED) is 0.634. The average molecular weight is 401 g/mol. The highest BCUT2D eigenvalue weighted by atomic mass is 16.5. The zero-order chi connectivity index (χ0) is 20.7. The summed E-state index contributed by atoms with van der Waals surface area (Å²) in [6, 6.07) is 15.8. The van der Waals surface area contributed by atoms with Gasteiger partial charge in [-0.2, -0.15) is 0 Å². The van der Waals surface area contributed by atoms with E-state index in [-0.39, 0.29) is 18.4 Å². The summed E-state index contributed by atoms with van der Waals surface area (Å²) in [6.07, 6.45) is 3.92. The summed E-state index contributed by atoms with van der Waals surface area (Å²) in [6.45, 7) is 2.71. The number of aromatic nitrogens is 1. The molecule has 1 aromatic heterocycles. The number of hydrogen-bond donors (Lipinski definition) is 0. The van der Waals surface area contributed by atoms with Gasteiger partial charge in [-0.15, -0.1) is 0 Å². The first kappa shape index (κ1) is 18.6. The highest BCUT2D eigenvalue weighted by Gasteiger charge is 2.29. The summed E-state index contributed by atoms with van der Waals surface area (Å²) in [7, 11) is 1.80. The Morgan fingerprint density at radius 1 is 1.07 bits per heavy atom. The summed E-state index contributed by atoms with van der Waals surface area (Å²) in [5, 5.41) is 1.03. The normalized spacial score (nSPS) is 17.8. The smallest absolute Gasteiger partial charge is 0.258 e. The zero-order valence-corrected chi connectivity index (χ0v) is 16.9. The molecule has 1 fully saturated rings. The van der Waals surface area contributed by atoms with Crippen LogP contribution in [0.5, 0.6) is 0 Å². The predicted molar refractivity (Wildman–Crippen MR) is 117 cm³/mol. The average Bonchev–Trinajstić information content (AvgIpc) is 3.25. The molecule has 0 N–H and O–H groups in total. The minimum Gasteiger partial charge on any atom is -0.378 e. The van der Waals surface area contributed by atoms with Crippen molar-refractivity contribution >= 4 is 40.1 Å². The topological polar surface area (TPSA) is 54.8 Å². The predicted octanol–water partition coefficient (Wildman–Crippen LogP) is 3.02. The standard InChI is InChI=1S/C24H23N3O3/c1-25-21-8-4-3-7-19(21)20(24(25)29)14-17-15-27(22-9-5-2-6-18(17)22)16-23(28)26-10-12-30-13-11-26/h2-9,14-15H,10-13,16H2,1H3/b20-14-. The lowest BCUT2D eigenvalue weighted by Gasteiger charge is -2.27. The highest BCUT2D eigenvalue weighted by Crippen LogP contribution is 2.37. The van der Waals surface area contributed by atoms with Gasteiger partial charge in [0.2, 0.25) is 5.91 Å².